The molecule has 0 bridgehead atoms. The summed E-state index contributed by atoms with van der Waals surface area (Å²) in [5.41, 5.74) is 0.220. The van der Waals surface area contributed by atoms with E-state index in [0.29, 0.717) is 19.0 Å². The molecule has 1 aliphatic rings. The third kappa shape index (κ3) is 4.79. The van der Waals surface area contributed by atoms with Crippen molar-refractivity contribution in [2.75, 3.05) is 26.0 Å². The molecule has 1 aliphatic heterocycles. The summed E-state index contributed by atoms with van der Waals surface area (Å²) in [6.45, 7) is 3.19. The fourth-order valence-corrected chi connectivity index (χ4v) is 3.19. The summed E-state index contributed by atoms with van der Waals surface area (Å²) in [6.07, 6.45) is 3.17. The number of piperidine rings is 1. The zero-order chi connectivity index (χ0) is 17.0. The number of amides is 1. The van der Waals surface area contributed by atoms with E-state index < -0.39 is 15.8 Å². The van der Waals surface area contributed by atoms with Crippen LogP contribution in [0.15, 0.2) is 29.2 Å². The second kappa shape index (κ2) is 7.12. The molecule has 0 aliphatic carbocycles. The van der Waals surface area contributed by atoms with Crippen molar-refractivity contribution in [1.29, 1.82) is 0 Å². The van der Waals surface area contributed by atoms with Crippen LogP contribution >= 0.6 is 0 Å². The van der Waals surface area contributed by atoms with Crippen LogP contribution in [0.3, 0.4) is 0 Å². The van der Waals surface area contributed by atoms with Crippen molar-refractivity contribution in [2.24, 2.45) is 5.92 Å². The lowest BCUT2D eigenvalue weighted by Crippen LogP contribution is -2.41. The second-order valence-corrected chi connectivity index (χ2v) is 7.98. The molecule has 0 unspecified atom stereocenters. The fourth-order valence-electron chi connectivity index (χ4n) is 2.56. The number of esters is 1. The van der Waals surface area contributed by atoms with Crippen LogP contribution in [0, 0.1) is 5.92 Å². The minimum absolute atomic E-state index is 0.132. The van der Waals surface area contributed by atoms with Crippen molar-refractivity contribution >= 4 is 21.7 Å². The first-order chi connectivity index (χ1) is 10.8. The maximum absolute atomic E-state index is 12.0. The van der Waals surface area contributed by atoms with Crippen molar-refractivity contribution in [3.8, 4) is 0 Å². The molecule has 1 atom stereocenters. The standard InChI is InChI=1S/C16H21NO5S/c1-12-4-3-9-17(10-12)15(18)11-22-16(19)13-5-7-14(8-6-13)23(2,20)21/h5-8,12H,3-4,9-11H2,1-2H3/t12-/m0/s1. The van der Waals surface area contributed by atoms with Gasteiger partial charge in [0.05, 0.1) is 10.5 Å². The van der Waals surface area contributed by atoms with Crippen LogP contribution in [-0.2, 0) is 19.4 Å². The van der Waals surface area contributed by atoms with Gasteiger partial charge in [-0.2, -0.15) is 0 Å². The number of carbonyl (C=O) groups excluding carboxylic acids is 2. The smallest absolute Gasteiger partial charge is 0.338 e. The zero-order valence-corrected chi connectivity index (χ0v) is 14.1. The summed E-state index contributed by atoms with van der Waals surface area (Å²) in [4.78, 5) is 25.8. The largest absolute Gasteiger partial charge is 0.452 e. The van der Waals surface area contributed by atoms with Gasteiger partial charge in [0.1, 0.15) is 0 Å². The predicted molar refractivity (Wildman–Crippen MR) is 84.8 cm³/mol. The molecule has 0 aromatic heterocycles. The van der Waals surface area contributed by atoms with E-state index in [1.165, 1.54) is 24.3 Å². The summed E-state index contributed by atoms with van der Waals surface area (Å²) in [6, 6.07) is 5.46. The number of hydrogen-bond donors (Lipinski definition) is 0. The maximum atomic E-state index is 12.0. The molecular formula is C16H21NO5S. The Labute approximate surface area is 136 Å². The van der Waals surface area contributed by atoms with Crippen LogP contribution in [0.1, 0.15) is 30.1 Å². The van der Waals surface area contributed by atoms with E-state index >= 15 is 0 Å². The van der Waals surface area contributed by atoms with E-state index in [1.807, 2.05) is 0 Å². The average Bonchev–Trinajstić information content (AvgIpc) is 2.51. The van der Waals surface area contributed by atoms with Crippen LogP contribution < -0.4 is 0 Å². The van der Waals surface area contributed by atoms with Gasteiger partial charge in [-0.05, 0) is 43.0 Å². The van der Waals surface area contributed by atoms with Gasteiger partial charge >= 0.3 is 5.97 Å². The highest BCUT2D eigenvalue weighted by Gasteiger charge is 2.22. The van der Waals surface area contributed by atoms with E-state index in [4.69, 9.17) is 4.74 Å². The molecule has 1 amide bonds. The summed E-state index contributed by atoms with van der Waals surface area (Å²) in [7, 11) is -3.30. The Bertz CT molecular complexity index is 681. The molecule has 7 heteroatoms. The van der Waals surface area contributed by atoms with Gasteiger partial charge in [0.25, 0.3) is 5.91 Å². The average molecular weight is 339 g/mol. The molecule has 1 heterocycles. The van der Waals surface area contributed by atoms with Gasteiger partial charge in [-0.25, -0.2) is 13.2 Å². The normalized spacial score (nSPS) is 18.5. The minimum atomic E-state index is -3.30. The number of nitrogens with zero attached hydrogens (tertiary/aromatic N) is 1. The third-order valence-electron chi connectivity index (χ3n) is 3.85. The molecule has 1 aromatic rings. The minimum Gasteiger partial charge on any atom is -0.452 e. The molecule has 0 radical (unpaired) electrons. The number of ether oxygens (including phenoxy) is 1. The van der Waals surface area contributed by atoms with Gasteiger partial charge in [-0.15, -0.1) is 0 Å². The lowest BCUT2D eigenvalue weighted by molar-refractivity contribution is -0.136. The van der Waals surface area contributed by atoms with Crippen molar-refractivity contribution in [3.63, 3.8) is 0 Å². The Morgan fingerprint density at radius 2 is 1.91 bits per heavy atom. The topological polar surface area (TPSA) is 80.8 Å². The number of benzene rings is 1. The molecule has 126 valence electrons. The van der Waals surface area contributed by atoms with Crippen molar-refractivity contribution in [3.05, 3.63) is 29.8 Å². The maximum Gasteiger partial charge on any atom is 0.338 e. The Morgan fingerprint density at radius 3 is 2.48 bits per heavy atom. The summed E-state index contributed by atoms with van der Waals surface area (Å²) >= 11 is 0. The van der Waals surface area contributed by atoms with Crippen molar-refractivity contribution in [2.45, 2.75) is 24.7 Å². The van der Waals surface area contributed by atoms with E-state index in [9.17, 15) is 18.0 Å². The van der Waals surface area contributed by atoms with Crippen molar-refractivity contribution in [1.82, 2.24) is 4.90 Å². The summed E-state index contributed by atoms with van der Waals surface area (Å²) in [5.74, 6) is -0.368. The number of carbonyl (C=O) groups is 2. The van der Waals surface area contributed by atoms with Crippen LogP contribution in [0.25, 0.3) is 0 Å². The summed E-state index contributed by atoms with van der Waals surface area (Å²) in [5, 5.41) is 0. The van der Waals surface area contributed by atoms with Gasteiger partial charge in [0.2, 0.25) is 0 Å². The van der Waals surface area contributed by atoms with E-state index in [0.717, 1.165) is 19.1 Å². The third-order valence-corrected chi connectivity index (χ3v) is 4.98. The number of hydrogen-bond acceptors (Lipinski definition) is 5. The molecule has 0 saturated carbocycles. The van der Waals surface area contributed by atoms with Crippen LogP contribution in [0.4, 0.5) is 0 Å². The van der Waals surface area contributed by atoms with Gasteiger partial charge in [-0.1, -0.05) is 6.92 Å². The molecular weight excluding hydrogens is 318 g/mol. The molecule has 1 fully saturated rings. The zero-order valence-electron chi connectivity index (χ0n) is 13.3. The SMILES string of the molecule is C[C@H]1CCCN(C(=O)COC(=O)c2ccc(S(C)(=O)=O)cc2)C1. The van der Waals surface area contributed by atoms with Gasteiger partial charge < -0.3 is 9.64 Å². The first-order valence-corrected chi connectivity index (χ1v) is 9.41. The number of rotatable bonds is 4. The van der Waals surface area contributed by atoms with Gasteiger partial charge in [-0.3, -0.25) is 4.79 Å². The van der Waals surface area contributed by atoms with Gasteiger partial charge in [0.15, 0.2) is 16.4 Å². The monoisotopic (exact) mass is 339 g/mol. The molecule has 1 aromatic carbocycles. The number of likely N-dealkylation sites (tertiary alicyclic amines) is 1. The van der Waals surface area contributed by atoms with E-state index in [-0.39, 0.29) is 23.0 Å². The first kappa shape index (κ1) is 17.5. The molecule has 1 saturated heterocycles. The number of sulfone groups is 1. The highest BCUT2D eigenvalue weighted by atomic mass is 32.2. The Hall–Kier alpha value is -1.89. The lowest BCUT2D eigenvalue weighted by Gasteiger charge is -2.30. The van der Waals surface area contributed by atoms with E-state index in [2.05, 4.69) is 6.92 Å². The molecule has 0 spiro atoms. The second-order valence-electron chi connectivity index (χ2n) is 5.96. The van der Waals surface area contributed by atoms with Crippen molar-refractivity contribution < 1.29 is 22.7 Å². The molecule has 2 rings (SSSR count). The van der Waals surface area contributed by atoms with Crippen LogP contribution in [0.2, 0.25) is 0 Å². The Kier molecular flexibility index (Phi) is 5.41. The fraction of sp³-hybridized carbons (Fsp3) is 0.500. The summed E-state index contributed by atoms with van der Waals surface area (Å²) < 4.78 is 27.8. The van der Waals surface area contributed by atoms with Crippen LogP contribution in [0.5, 0.6) is 0 Å². The Morgan fingerprint density at radius 1 is 1.26 bits per heavy atom. The van der Waals surface area contributed by atoms with Gasteiger partial charge in [0, 0.05) is 19.3 Å². The molecule has 0 N–H and O–H groups in total. The van der Waals surface area contributed by atoms with E-state index in [1.54, 1.807) is 4.90 Å². The first-order valence-electron chi connectivity index (χ1n) is 7.52. The lowest BCUT2D eigenvalue weighted by atomic mass is 10.0. The molecule has 23 heavy (non-hydrogen) atoms. The van der Waals surface area contributed by atoms with Crippen LogP contribution in [-0.4, -0.2) is 51.1 Å². The predicted octanol–water partition coefficient (Wildman–Crippen LogP) is 1.51. The quantitative estimate of drug-likeness (QED) is 0.777. The highest BCUT2D eigenvalue weighted by molar-refractivity contribution is 7.90. The molecule has 6 nitrogen and oxygen atoms in total. The highest BCUT2D eigenvalue weighted by Crippen LogP contribution is 2.16. The Balaban J connectivity index is 1.90.